The lowest BCUT2D eigenvalue weighted by atomic mass is 10.3. The molecule has 2 N–H and O–H groups in total. The summed E-state index contributed by atoms with van der Waals surface area (Å²) in [6.45, 7) is 4.10. The van der Waals surface area contributed by atoms with Crippen molar-refractivity contribution in [3.8, 4) is 11.5 Å². The highest BCUT2D eigenvalue weighted by Crippen LogP contribution is 2.26. The molecule has 0 saturated heterocycles. The minimum absolute atomic E-state index is 0.0122. The van der Waals surface area contributed by atoms with E-state index in [1.54, 1.807) is 25.1 Å². The molecule has 7 nitrogen and oxygen atoms in total. The summed E-state index contributed by atoms with van der Waals surface area (Å²) in [4.78, 5) is 11.6. The third kappa shape index (κ3) is 6.77. The summed E-state index contributed by atoms with van der Waals surface area (Å²) in [5.74, 6) is 0.750. The van der Waals surface area contributed by atoms with Crippen molar-refractivity contribution in [2.75, 3.05) is 32.1 Å². The number of para-hydroxylation sites is 2. The Labute approximate surface area is 131 Å². The number of hydrogen-bond acceptors (Lipinski definition) is 5. The zero-order chi connectivity index (χ0) is 16.4. The van der Waals surface area contributed by atoms with E-state index in [0.29, 0.717) is 18.1 Å². The van der Waals surface area contributed by atoms with E-state index in [0.717, 1.165) is 0 Å². The van der Waals surface area contributed by atoms with Gasteiger partial charge in [0.1, 0.15) is 0 Å². The van der Waals surface area contributed by atoms with Crippen LogP contribution in [0.5, 0.6) is 11.5 Å². The highest BCUT2D eigenvalue weighted by Gasteiger charge is 2.08. The van der Waals surface area contributed by atoms with Crippen molar-refractivity contribution in [3.63, 3.8) is 0 Å². The summed E-state index contributed by atoms with van der Waals surface area (Å²) in [5, 5.41) is 2.57. The fraction of sp³-hybridized carbons (Fsp3) is 0.500. The fourth-order valence-corrected chi connectivity index (χ4v) is 2.17. The largest absolute Gasteiger partial charge is 0.490 e. The number of sulfonamides is 1. The van der Waals surface area contributed by atoms with Crippen LogP contribution in [0, 0.1) is 0 Å². The van der Waals surface area contributed by atoms with Crippen molar-refractivity contribution in [2.45, 2.75) is 13.8 Å². The zero-order valence-electron chi connectivity index (χ0n) is 12.8. The Morgan fingerprint density at radius 2 is 1.73 bits per heavy atom. The molecule has 0 spiro atoms. The highest BCUT2D eigenvalue weighted by molar-refractivity contribution is 7.89. The van der Waals surface area contributed by atoms with Crippen molar-refractivity contribution < 1.29 is 22.7 Å². The van der Waals surface area contributed by atoms with Crippen LogP contribution in [-0.4, -0.2) is 46.4 Å². The Morgan fingerprint density at radius 3 is 2.32 bits per heavy atom. The number of rotatable bonds is 10. The van der Waals surface area contributed by atoms with Crippen LogP contribution in [0.3, 0.4) is 0 Å². The lowest BCUT2D eigenvalue weighted by molar-refractivity contribution is -0.123. The molecule has 8 heteroatoms. The highest BCUT2D eigenvalue weighted by atomic mass is 32.2. The summed E-state index contributed by atoms with van der Waals surface area (Å²) >= 11 is 0. The molecule has 1 aromatic carbocycles. The molecular formula is C14H22N2O5S. The maximum atomic E-state index is 11.6. The number of carbonyl (C=O) groups excluding carboxylic acids is 1. The molecule has 0 saturated carbocycles. The van der Waals surface area contributed by atoms with Crippen molar-refractivity contribution in [1.29, 1.82) is 0 Å². The molecule has 1 aromatic rings. The fourth-order valence-electron chi connectivity index (χ4n) is 1.55. The van der Waals surface area contributed by atoms with Crippen LogP contribution in [0.25, 0.3) is 0 Å². The Kier molecular flexibility index (Phi) is 7.69. The first kappa shape index (κ1) is 18.2. The van der Waals surface area contributed by atoms with Gasteiger partial charge in [0.2, 0.25) is 10.0 Å². The van der Waals surface area contributed by atoms with E-state index < -0.39 is 10.0 Å². The Morgan fingerprint density at radius 1 is 1.09 bits per heavy atom. The van der Waals surface area contributed by atoms with Crippen molar-refractivity contribution in [1.82, 2.24) is 10.0 Å². The Bertz CT molecular complexity index is 574. The smallest absolute Gasteiger partial charge is 0.257 e. The van der Waals surface area contributed by atoms with Gasteiger partial charge in [-0.1, -0.05) is 12.1 Å². The van der Waals surface area contributed by atoms with Gasteiger partial charge in [0.15, 0.2) is 18.1 Å². The second-order valence-corrected chi connectivity index (χ2v) is 6.41. The van der Waals surface area contributed by atoms with Crippen LogP contribution in [0.15, 0.2) is 24.3 Å². The second-order valence-electron chi connectivity index (χ2n) is 4.32. The van der Waals surface area contributed by atoms with Crippen LogP contribution < -0.4 is 19.5 Å². The quantitative estimate of drug-likeness (QED) is 0.610. The van der Waals surface area contributed by atoms with Crippen molar-refractivity contribution >= 4 is 15.9 Å². The maximum absolute atomic E-state index is 11.6. The standard InChI is InChI=1S/C14H22N2O5S/c1-3-20-12-7-5-6-8-13(12)21-11-14(17)15-9-10-16-22(18,19)4-2/h5-8,16H,3-4,9-11H2,1-2H3,(H,15,17). The molecular weight excluding hydrogens is 308 g/mol. The van der Waals surface area contributed by atoms with E-state index in [9.17, 15) is 13.2 Å². The van der Waals surface area contributed by atoms with Gasteiger partial charge in [0.25, 0.3) is 5.91 Å². The Balaban J connectivity index is 2.32. The molecule has 0 fully saturated rings. The number of benzene rings is 1. The van der Waals surface area contributed by atoms with Crippen LogP contribution >= 0.6 is 0 Å². The molecule has 1 amide bonds. The van der Waals surface area contributed by atoms with Crippen molar-refractivity contribution in [2.24, 2.45) is 0 Å². The van der Waals surface area contributed by atoms with E-state index in [2.05, 4.69) is 10.0 Å². The monoisotopic (exact) mass is 330 g/mol. The van der Waals surface area contributed by atoms with E-state index in [4.69, 9.17) is 9.47 Å². The number of amides is 1. The summed E-state index contributed by atoms with van der Waals surface area (Å²) in [5.41, 5.74) is 0. The van der Waals surface area contributed by atoms with E-state index in [1.807, 2.05) is 13.0 Å². The predicted molar refractivity (Wildman–Crippen MR) is 83.6 cm³/mol. The minimum atomic E-state index is -3.23. The van der Waals surface area contributed by atoms with E-state index in [-0.39, 0.29) is 31.4 Å². The molecule has 0 aliphatic heterocycles. The number of hydrogen-bond donors (Lipinski definition) is 2. The lowest BCUT2D eigenvalue weighted by Crippen LogP contribution is -2.37. The first-order valence-corrected chi connectivity index (χ1v) is 8.72. The summed E-state index contributed by atoms with van der Waals surface area (Å²) in [7, 11) is -3.23. The molecule has 0 aromatic heterocycles. The van der Waals surface area contributed by atoms with Gasteiger partial charge in [-0.3, -0.25) is 4.79 Å². The topological polar surface area (TPSA) is 93.7 Å². The third-order valence-electron chi connectivity index (χ3n) is 2.66. The van der Waals surface area contributed by atoms with Crippen molar-refractivity contribution in [3.05, 3.63) is 24.3 Å². The molecule has 0 radical (unpaired) electrons. The summed E-state index contributed by atoms with van der Waals surface area (Å²) < 4.78 is 35.5. The number of ether oxygens (including phenoxy) is 2. The molecule has 0 bridgehead atoms. The molecule has 0 aliphatic carbocycles. The molecule has 0 atom stereocenters. The van der Waals surface area contributed by atoms with Crippen LogP contribution in [0.2, 0.25) is 0 Å². The molecule has 0 heterocycles. The molecule has 22 heavy (non-hydrogen) atoms. The number of carbonyl (C=O) groups is 1. The average molecular weight is 330 g/mol. The second kappa shape index (κ2) is 9.26. The molecule has 0 aliphatic rings. The molecule has 0 unspecified atom stereocenters. The summed E-state index contributed by atoms with van der Waals surface area (Å²) in [6, 6.07) is 7.08. The van der Waals surface area contributed by atoms with Gasteiger partial charge >= 0.3 is 0 Å². The van der Waals surface area contributed by atoms with Gasteiger partial charge in [0, 0.05) is 13.1 Å². The maximum Gasteiger partial charge on any atom is 0.257 e. The molecule has 1 rings (SSSR count). The van der Waals surface area contributed by atoms with Gasteiger partial charge in [-0.05, 0) is 26.0 Å². The van der Waals surface area contributed by atoms with E-state index >= 15 is 0 Å². The van der Waals surface area contributed by atoms with Gasteiger partial charge in [-0.15, -0.1) is 0 Å². The van der Waals surface area contributed by atoms with Crippen LogP contribution in [-0.2, 0) is 14.8 Å². The van der Waals surface area contributed by atoms with Crippen LogP contribution in [0.1, 0.15) is 13.8 Å². The normalized spacial score (nSPS) is 11.0. The Hall–Kier alpha value is -1.80. The SMILES string of the molecule is CCOc1ccccc1OCC(=O)NCCNS(=O)(=O)CC. The minimum Gasteiger partial charge on any atom is -0.490 e. The average Bonchev–Trinajstić information content (AvgIpc) is 2.51. The van der Waals surface area contributed by atoms with Gasteiger partial charge in [-0.2, -0.15) is 0 Å². The number of nitrogens with one attached hydrogen (secondary N) is 2. The van der Waals surface area contributed by atoms with E-state index in [1.165, 1.54) is 0 Å². The first-order chi connectivity index (χ1) is 10.5. The first-order valence-electron chi connectivity index (χ1n) is 7.07. The van der Waals surface area contributed by atoms with Crippen LogP contribution in [0.4, 0.5) is 0 Å². The van der Waals surface area contributed by atoms with Gasteiger partial charge in [0.05, 0.1) is 12.4 Å². The van der Waals surface area contributed by atoms with Gasteiger partial charge < -0.3 is 14.8 Å². The summed E-state index contributed by atoms with van der Waals surface area (Å²) in [6.07, 6.45) is 0. The van der Waals surface area contributed by atoms with Gasteiger partial charge in [-0.25, -0.2) is 13.1 Å². The predicted octanol–water partition coefficient (Wildman–Crippen LogP) is 0.520. The molecule has 124 valence electrons. The lowest BCUT2D eigenvalue weighted by Gasteiger charge is -2.11. The zero-order valence-corrected chi connectivity index (χ0v) is 13.6. The third-order valence-corrected chi connectivity index (χ3v) is 4.06.